The Morgan fingerprint density at radius 1 is 1.09 bits per heavy atom. The Bertz CT molecular complexity index is 1140. The van der Waals surface area contributed by atoms with Gasteiger partial charge in [-0.2, -0.15) is 13.2 Å². The Morgan fingerprint density at radius 2 is 1.80 bits per heavy atom. The van der Waals surface area contributed by atoms with Crippen molar-refractivity contribution in [2.75, 3.05) is 37.7 Å². The third kappa shape index (κ3) is 5.76. The number of carbonyl (C=O) groups is 1. The van der Waals surface area contributed by atoms with Crippen LogP contribution in [0, 0.1) is 5.82 Å². The molecule has 0 aliphatic carbocycles. The van der Waals surface area contributed by atoms with Crippen molar-refractivity contribution in [2.45, 2.75) is 25.7 Å². The quantitative estimate of drug-likeness (QED) is 0.370. The number of aromatic nitrogens is 4. The molecule has 0 unspecified atom stereocenters. The molecule has 1 saturated heterocycles. The van der Waals surface area contributed by atoms with Crippen molar-refractivity contribution in [3.8, 4) is 0 Å². The van der Waals surface area contributed by atoms with Gasteiger partial charge in [0.15, 0.2) is 5.82 Å². The molecule has 35 heavy (non-hydrogen) atoms. The van der Waals surface area contributed by atoms with Crippen molar-refractivity contribution in [3.05, 3.63) is 71.3 Å². The molecule has 1 atom stereocenters. The molecule has 8 nitrogen and oxygen atoms in total. The molecular weight excluding hydrogens is 468 g/mol. The van der Waals surface area contributed by atoms with Crippen molar-refractivity contribution in [1.29, 1.82) is 0 Å². The van der Waals surface area contributed by atoms with Crippen LogP contribution in [0.15, 0.2) is 48.5 Å². The number of esters is 1. The number of anilines is 1. The zero-order valence-electron chi connectivity index (χ0n) is 19.0. The summed E-state index contributed by atoms with van der Waals surface area (Å²) >= 11 is 0. The summed E-state index contributed by atoms with van der Waals surface area (Å²) in [6.45, 7) is 3.60. The van der Waals surface area contributed by atoms with Crippen LogP contribution in [0.1, 0.15) is 29.9 Å². The fourth-order valence-electron chi connectivity index (χ4n) is 4.13. The number of rotatable bonds is 7. The van der Waals surface area contributed by atoms with E-state index in [4.69, 9.17) is 4.74 Å². The highest BCUT2D eigenvalue weighted by atomic mass is 19.4. The SMILES string of the molecule is CCOC(=O)Cn1nnnc1[C@@H](c1ccc(F)cc1)N1CCN(c2cccc(C(F)(F)F)c2)CC1. The maximum absolute atomic E-state index is 13.6. The van der Waals surface area contributed by atoms with E-state index in [2.05, 4.69) is 20.4 Å². The molecule has 1 aliphatic heterocycles. The number of alkyl halides is 3. The van der Waals surface area contributed by atoms with Gasteiger partial charge in [-0.05, 0) is 53.2 Å². The molecule has 0 bridgehead atoms. The van der Waals surface area contributed by atoms with Gasteiger partial charge in [0.25, 0.3) is 0 Å². The highest BCUT2D eigenvalue weighted by Crippen LogP contribution is 2.33. The number of ether oxygens (including phenoxy) is 1. The van der Waals surface area contributed by atoms with Crippen LogP contribution in [-0.4, -0.2) is 63.9 Å². The third-order valence-corrected chi connectivity index (χ3v) is 5.79. The van der Waals surface area contributed by atoms with Crippen molar-refractivity contribution in [3.63, 3.8) is 0 Å². The highest BCUT2D eigenvalue weighted by molar-refractivity contribution is 5.69. The van der Waals surface area contributed by atoms with Gasteiger partial charge in [0.05, 0.1) is 18.2 Å². The normalized spacial score (nSPS) is 15.7. The van der Waals surface area contributed by atoms with E-state index in [9.17, 15) is 22.4 Å². The maximum Gasteiger partial charge on any atom is 0.416 e. The Kier molecular flexibility index (Phi) is 7.29. The van der Waals surface area contributed by atoms with Gasteiger partial charge < -0.3 is 9.64 Å². The summed E-state index contributed by atoms with van der Waals surface area (Å²) in [5.41, 5.74) is 0.517. The van der Waals surface area contributed by atoms with Crippen molar-refractivity contribution in [1.82, 2.24) is 25.1 Å². The van der Waals surface area contributed by atoms with E-state index in [1.807, 2.05) is 4.90 Å². The van der Waals surface area contributed by atoms with E-state index in [0.29, 0.717) is 37.7 Å². The minimum absolute atomic E-state index is 0.182. The molecule has 0 spiro atoms. The first kappa shape index (κ1) is 24.6. The number of piperazine rings is 1. The summed E-state index contributed by atoms with van der Waals surface area (Å²) in [5, 5.41) is 11.8. The summed E-state index contributed by atoms with van der Waals surface area (Å²) in [4.78, 5) is 16.0. The van der Waals surface area contributed by atoms with Crippen molar-refractivity contribution in [2.24, 2.45) is 0 Å². The number of nitrogens with zero attached hydrogens (tertiary/aromatic N) is 6. The molecule has 186 valence electrons. The van der Waals surface area contributed by atoms with Crippen LogP contribution < -0.4 is 4.90 Å². The van der Waals surface area contributed by atoms with Crippen LogP contribution in [0.3, 0.4) is 0 Å². The Morgan fingerprint density at radius 3 is 2.46 bits per heavy atom. The standard InChI is InChI=1S/C23H24F4N6O2/c1-2-35-20(34)15-33-22(28-29-30-33)21(16-6-8-18(24)9-7-16)32-12-10-31(11-13-32)19-5-3-4-17(14-19)23(25,26)27/h3-9,14,21H,2,10-13,15H2,1H3/t21-/m1/s1. The lowest BCUT2D eigenvalue weighted by Crippen LogP contribution is -2.48. The van der Waals surface area contributed by atoms with Crippen LogP contribution in [0.2, 0.25) is 0 Å². The predicted molar refractivity (Wildman–Crippen MR) is 118 cm³/mol. The van der Waals surface area contributed by atoms with E-state index >= 15 is 0 Å². The summed E-state index contributed by atoms with van der Waals surface area (Å²) in [6, 6.07) is 10.7. The van der Waals surface area contributed by atoms with Crippen molar-refractivity contribution < 1.29 is 27.1 Å². The first-order valence-corrected chi connectivity index (χ1v) is 11.1. The highest BCUT2D eigenvalue weighted by Gasteiger charge is 2.33. The van der Waals surface area contributed by atoms with E-state index in [-0.39, 0.29) is 13.2 Å². The minimum Gasteiger partial charge on any atom is -0.465 e. The average Bonchev–Trinajstić information content (AvgIpc) is 3.28. The molecule has 12 heteroatoms. The molecule has 3 aromatic rings. The second kappa shape index (κ2) is 10.4. The predicted octanol–water partition coefficient (Wildman–Crippen LogP) is 3.31. The molecule has 0 saturated carbocycles. The molecule has 2 aromatic carbocycles. The maximum atomic E-state index is 13.6. The number of benzene rings is 2. The van der Waals surface area contributed by atoms with E-state index in [1.165, 1.54) is 22.9 Å². The lowest BCUT2D eigenvalue weighted by Gasteiger charge is -2.40. The van der Waals surface area contributed by atoms with Crippen LogP contribution in [0.25, 0.3) is 0 Å². The van der Waals surface area contributed by atoms with Crippen LogP contribution in [0.5, 0.6) is 0 Å². The zero-order chi connectivity index (χ0) is 25.0. The molecular formula is C23H24F4N6O2. The Labute approximate surface area is 199 Å². The van der Waals surface area contributed by atoms with Crippen LogP contribution in [-0.2, 0) is 22.3 Å². The van der Waals surface area contributed by atoms with Gasteiger partial charge in [-0.3, -0.25) is 9.69 Å². The molecule has 1 fully saturated rings. The van der Waals surface area contributed by atoms with Gasteiger partial charge in [0, 0.05) is 31.9 Å². The minimum atomic E-state index is -4.42. The molecule has 0 radical (unpaired) electrons. The Balaban J connectivity index is 1.57. The Hall–Kier alpha value is -3.54. The van der Waals surface area contributed by atoms with Gasteiger partial charge in [0.2, 0.25) is 0 Å². The second-order valence-corrected chi connectivity index (χ2v) is 8.02. The van der Waals surface area contributed by atoms with Gasteiger partial charge >= 0.3 is 12.1 Å². The van der Waals surface area contributed by atoms with Crippen molar-refractivity contribution >= 4 is 11.7 Å². The monoisotopic (exact) mass is 492 g/mol. The third-order valence-electron chi connectivity index (χ3n) is 5.79. The lowest BCUT2D eigenvalue weighted by atomic mass is 10.0. The summed E-state index contributed by atoms with van der Waals surface area (Å²) in [6.07, 6.45) is -4.42. The van der Waals surface area contributed by atoms with Gasteiger partial charge in [-0.25, -0.2) is 9.07 Å². The van der Waals surface area contributed by atoms with Crippen LogP contribution >= 0.6 is 0 Å². The van der Waals surface area contributed by atoms with Gasteiger partial charge in [-0.1, -0.05) is 18.2 Å². The topological polar surface area (TPSA) is 76.4 Å². The number of hydrogen-bond donors (Lipinski definition) is 0. The summed E-state index contributed by atoms with van der Waals surface area (Å²) in [7, 11) is 0. The summed E-state index contributed by atoms with van der Waals surface area (Å²) in [5.74, 6) is -0.501. The zero-order valence-corrected chi connectivity index (χ0v) is 19.0. The van der Waals surface area contributed by atoms with E-state index in [0.717, 1.165) is 17.7 Å². The first-order valence-electron chi connectivity index (χ1n) is 11.1. The number of carbonyl (C=O) groups excluding carboxylic acids is 1. The van der Waals surface area contributed by atoms with Gasteiger partial charge in [0.1, 0.15) is 12.4 Å². The number of halogens is 4. The smallest absolute Gasteiger partial charge is 0.416 e. The molecule has 4 rings (SSSR count). The molecule has 1 aromatic heterocycles. The van der Waals surface area contributed by atoms with Gasteiger partial charge in [-0.15, -0.1) is 5.10 Å². The molecule has 0 N–H and O–H groups in total. The van der Waals surface area contributed by atoms with E-state index < -0.39 is 29.6 Å². The molecule has 1 aliphatic rings. The first-order chi connectivity index (χ1) is 16.8. The summed E-state index contributed by atoms with van der Waals surface area (Å²) < 4.78 is 59.4. The fourth-order valence-corrected chi connectivity index (χ4v) is 4.13. The molecule has 2 heterocycles. The molecule has 0 amide bonds. The number of tetrazole rings is 1. The second-order valence-electron chi connectivity index (χ2n) is 8.02. The number of hydrogen-bond acceptors (Lipinski definition) is 7. The fraction of sp³-hybridized carbons (Fsp3) is 0.391. The van der Waals surface area contributed by atoms with E-state index in [1.54, 1.807) is 25.1 Å². The lowest BCUT2D eigenvalue weighted by molar-refractivity contribution is -0.144. The van der Waals surface area contributed by atoms with Crippen LogP contribution in [0.4, 0.5) is 23.2 Å². The largest absolute Gasteiger partial charge is 0.465 e. The average molecular weight is 492 g/mol.